The van der Waals surface area contributed by atoms with Gasteiger partial charge in [-0.25, -0.2) is 0 Å². The highest BCUT2D eigenvalue weighted by molar-refractivity contribution is 6.32. The Bertz CT molecular complexity index is 1350. The van der Waals surface area contributed by atoms with Crippen molar-refractivity contribution in [3.8, 4) is 17.2 Å². The van der Waals surface area contributed by atoms with Gasteiger partial charge in [0.05, 0.1) is 24.4 Å². The van der Waals surface area contributed by atoms with Crippen molar-refractivity contribution in [1.82, 2.24) is 0 Å². The van der Waals surface area contributed by atoms with E-state index in [1.807, 2.05) is 6.92 Å². The third kappa shape index (κ3) is 5.00. The minimum Gasteiger partial charge on any atom is -0.497 e. The van der Waals surface area contributed by atoms with Crippen LogP contribution in [0.3, 0.4) is 0 Å². The van der Waals surface area contributed by atoms with E-state index in [0.29, 0.717) is 45.4 Å². The molecule has 0 aliphatic rings. The number of furan rings is 1. The molecule has 1 N–H and O–H groups in total. The number of carbonyl (C=O) groups excluding carboxylic acids is 2. The van der Waals surface area contributed by atoms with Crippen molar-refractivity contribution in [2.45, 2.75) is 6.92 Å². The van der Waals surface area contributed by atoms with Crippen LogP contribution in [-0.2, 0) is 4.79 Å². The lowest BCUT2D eigenvalue weighted by Gasteiger charge is -2.10. The Hall–Kier alpha value is -3.97. The van der Waals surface area contributed by atoms with E-state index in [1.165, 1.54) is 6.07 Å². The molecule has 0 bridgehead atoms. The van der Waals surface area contributed by atoms with Gasteiger partial charge in [-0.05, 0) is 49.4 Å². The second-order valence-corrected chi connectivity index (χ2v) is 7.63. The van der Waals surface area contributed by atoms with E-state index >= 15 is 0 Å². The summed E-state index contributed by atoms with van der Waals surface area (Å²) in [6.07, 6.45) is 0. The monoisotopic (exact) mass is 479 g/mol. The van der Waals surface area contributed by atoms with Crippen LogP contribution in [-0.4, -0.2) is 32.0 Å². The largest absolute Gasteiger partial charge is 0.497 e. The molecule has 0 fully saturated rings. The number of fused-ring (bicyclic) bond motifs is 1. The van der Waals surface area contributed by atoms with Gasteiger partial charge in [0.1, 0.15) is 22.8 Å². The van der Waals surface area contributed by atoms with Crippen molar-refractivity contribution in [2.75, 3.05) is 25.6 Å². The molecule has 174 valence electrons. The van der Waals surface area contributed by atoms with Gasteiger partial charge in [0.2, 0.25) is 5.78 Å². The number of methoxy groups -OCH3 is 1. The zero-order chi connectivity index (χ0) is 24.1. The van der Waals surface area contributed by atoms with Crippen LogP contribution in [0.4, 0.5) is 5.69 Å². The van der Waals surface area contributed by atoms with Gasteiger partial charge in [0.25, 0.3) is 5.91 Å². The van der Waals surface area contributed by atoms with Crippen molar-refractivity contribution >= 4 is 39.9 Å². The molecule has 1 heterocycles. The third-order valence-electron chi connectivity index (χ3n) is 4.97. The smallest absolute Gasteiger partial charge is 0.262 e. The van der Waals surface area contributed by atoms with Crippen LogP contribution in [0.25, 0.3) is 11.0 Å². The second kappa shape index (κ2) is 10.3. The van der Waals surface area contributed by atoms with Crippen LogP contribution in [0.5, 0.6) is 17.2 Å². The maximum absolute atomic E-state index is 13.3. The minimum atomic E-state index is -0.451. The SMILES string of the molecule is CCOc1ccc(C(=O)c2oc3ccccc3c2NC(=O)COc2cccc(OC)c2)cc1Cl. The van der Waals surface area contributed by atoms with Crippen LogP contribution in [0, 0.1) is 0 Å². The quantitative estimate of drug-likeness (QED) is 0.308. The molecule has 0 radical (unpaired) electrons. The summed E-state index contributed by atoms with van der Waals surface area (Å²) >= 11 is 6.26. The zero-order valence-corrected chi connectivity index (χ0v) is 19.3. The molecule has 1 amide bonds. The Labute approximate surface area is 201 Å². The molecule has 1 aromatic heterocycles. The first-order chi connectivity index (χ1) is 16.5. The highest BCUT2D eigenvalue weighted by Gasteiger charge is 2.24. The predicted octanol–water partition coefficient (Wildman–Crippen LogP) is 5.74. The molecule has 0 spiro atoms. The van der Waals surface area contributed by atoms with Crippen LogP contribution in [0.15, 0.2) is 71.1 Å². The molecule has 0 saturated heterocycles. The first-order valence-corrected chi connectivity index (χ1v) is 10.9. The predicted molar refractivity (Wildman–Crippen MR) is 129 cm³/mol. The molecule has 0 atom stereocenters. The summed E-state index contributed by atoms with van der Waals surface area (Å²) in [5, 5.41) is 3.66. The standard InChI is InChI=1S/C26H22ClNO6/c1-3-32-22-12-11-16(13-20(22)27)25(30)26-24(19-9-4-5-10-21(19)34-26)28-23(29)15-33-18-8-6-7-17(14-18)31-2/h4-14H,3,15H2,1-2H3,(H,28,29). The maximum atomic E-state index is 13.3. The molecule has 34 heavy (non-hydrogen) atoms. The number of anilines is 1. The van der Waals surface area contributed by atoms with Crippen LogP contribution in [0.1, 0.15) is 23.0 Å². The van der Waals surface area contributed by atoms with Gasteiger partial charge in [-0.1, -0.05) is 29.8 Å². The van der Waals surface area contributed by atoms with Gasteiger partial charge in [-0.2, -0.15) is 0 Å². The molecule has 7 nitrogen and oxygen atoms in total. The second-order valence-electron chi connectivity index (χ2n) is 7.23. The Kier molecular flexibility index (Phi) is 7.04. The first kappa shape index (κ1) is 23.2. The van der Waals surface area contributed by atoms with E-state index in [4.69, 9.17) is 30.2 Å². The molecule has 0 unspecified atom stereocenters. The number of hydrogen-bond donors (Lipinski definition) is 1. The number of halogens is 1. The van der Waals surface area contributed by atoms with E-state index in [-0.39, 0.29) is 18.1 Å². The first-order valence-electron chi connectivity index (χ1n) is 10.6. The van der Waals surface area contributed by atoms with Crippen LogP contribution >= 0.6 is 11.6 Å². The summed E-state index contributed by atoms with van der Waals surface area (Å²) in [6.45, 7) is 2.02. The fourth-order valence-electron chi connectivity index (χ4n) is 3.39. The zero-order valence-electron chi connectivity index (χ0n) is 18.6. The van der Waals surface area contributed by atoms with Gasteiger partial charge < -0.3 is 23.9 Å². The lowest BCUT2D eigenvalue weighted by molar-refractivity contribution is -0.118. The van der Waals surface area contributed by atoms with Gasteiger partial charge >= 0.3 is 0 Å². The normalized spacial score (nSPS) is 10.7. The van der Waals surface area contributed by atoms with Crippen LogP contribution < -0.4 is 19.5 Å². The Morgan fingerprint density at radius 1 is 0.971 bits per heavy atom. The molecule has 3 aromatic carbocycles. The van der Waals surface area contributed by atoms with E-state index in [2.05, 4.69) is 5.32 Å². The Morgan fingerprint density at radius 3 is 2.53 bits per heavy atom. The summed E-state index contributed by atoms with van der Waals surface area (Å²) in [5.74, 6) is 0.690. The number of nitrogens with one attached hydrogen (secondary N) is 1. The lowest BCUT2D eigenvalue weighted by atomic mass is 10.1. The van der Waals surface area contributed by atoms with Gasteiger partial charge in [-0.15, -0.1) is 0 Å². The molecular formula is C26H22ClNO6. The highest BCUT2D eigenvalue weighted by Crippen LogP contribution is 2.34. The minimum absolute atomic E-state index is 0.00356. The van der Waals surface area contributed by atoms with E-state index in [0.717, 1.165) is 0 Å². The van der Waals surface area contributed by atoms with Gasteiger partial charge in [0.15, 0.2) is 12.4 Å². The molecule has 0 aliphatic heterocycles. The summed E-state index contributed by atoms with van der Waals surface area (Å²) in [4.78, 5) is 26.0. The topological polar surface area (TPSA) is 87.0 Å². The fourth-order valence-corrected chi connectivity index (χ4v) is 3.63. The number of hydrogen-bond acceptors (Lipinski definition) is 6. The van der Waals surface area contributed by atoms with Crippen molar-refractivity contribution in [3.05, 3.63) is 83.1 Å². The summed E-state index contributed by atoms with van der Waals surface area (Å²) in [7, 11) is 1.55. The number of ether oxygens (including phenoxy) is 3. The number of rotatable bonds is 9. The summed E-state index contributed by atoms with van der Waals surface area (Å²) < 4.78 is 22.0. The van der Waals surface area contributed by atoms with Crippen molar-refractivity contribution in [2.24, 2.45) is 0 Å². The Morgan fingerprint density at radius 2 is 1.76 bits per heavy atom. The fraction of sp³-hybridized carbons (Fsp3) is 0.154. The molecule has 4 aromatic rings. The summed E-state index contributed by atoms with van der Waals surface area (Å²) in [5.41, 5.74) is 1.03. The molecule has 4 rings (SSSR count). The van der Waals surface area contributed by atoms with E-state index in [9.17, 15) is 9.59 Å². The molecule has 8 heteroatoms. The van der Waals surface area contributed by atoms with Crippen molar-refractivity contribution < 1.29 is 28.2 Å². The number of amides is 1. The summed E-state index contributed by atoms with van der Waals surface area (Å²) in [6, 6.07) is 18.7. The number of ketones is 1. The van der Waals surface area contributed by atoms with Gasteiger partial charge in [0, 0.05) is 17.0 Å². The maximum Gasteiger partial charge on any atom is 0.262 e. The molecule has 0 aliphatic carbocycles. The number of para-hydroxylation sites is 1. The average Bonchev–Trinajstić information content (AvgIpc) is 3.22. The Balaban J connectivity index is 1.59. The lowest BCUT2D eigenvalue weighted by Crippen LogP contribution is -2.21. The third-order valence-corrected chi connectivity index (χ3v) is 5.27. The average molecular weight is 480 g/mol. The van der Waals surface area contributed by atoms with Crippen molar-refractivity contribution in [3.63, 3.8) is 0 Å². The molecular weight excluding hydrogens is 458 g/mol. The van der Waals surface area contributed by atoms with E-state index < -0.39 is 11.7 Å². The van der Waals surface area contributed by atoms with Crippen LogP contribution in [0.2, 0.25) is 5.02 Å². The molecule has 0 saturated carbocycles. The number of carbonyl (C=O) groups is 2. The number of benzene rings is 3. The van der Waals surface area contributed by atoms with Gasteiger partial charge in [-0.3, -0.25) is 9.59 Å². The highest BCUT2D eigenvalue weighted by atomic mass is 35.5. The van der Waals surface area contributed by atoms with Crippen molar-refractivity contribution in [1.29, 1.82) is 0 Å². The van der Waals surface area contributed by atoms with E-state index in [1.54, 1.807) is 67.8 Å².